The topological polar surface area (TPSA) is 60.7 Å². The van der Waals surface area contributed by atoms with Crippen molar-refractivity contribution in [3.8, 4) is 0 Å². The zero-order valence-electron chi connectivity index (χ0n) is 15.8. The number of aliphatic hydroxyl groups is 3. The van der Waals surface area contributed by atoms with Crippen molar-refractivity contribution in [2.45, 2.75) is 65.7 Å². The van der Waals surface area contributed by atoms with Gasteiger partial charge >= 0.3 is 26.2 Å². The summed E-state index contributed by atoms with van der Waals surface area (Å²) in [6, 6.07) is 0. The van der Waals surface area contributed by atoms with Crippen LogP contribution in [0.15, 0.2) is 18.2 Å². The predicted molar refractivity (Wildman–Crippen MR) is 96.6 cm³/mol. The molecule has 0 aromatic carbocycles. The minimum atomic E-state index is -4.83. The maximum absolute atomic E-state index is 9.83. The van der Waals surface area contributed by atoms with Crippen LogP contribution in [0.25, 0.3) is 0 Å². The molecular formula is C17H35F3GeO3Zr-. The SMILES string of the molecule is CCCCO.CCCCO.CCCCO.[C-]1=CC=CC1.[F][Ge]([F])[F].[Zr]. The van der Waals surface area contributed by atoms with Crippen molar-refractivity contribution in [1.82, 2.24) is 0 Å². The summed E-state index contributed by atoms with van der Waals surface area (Å²) in [6.45, 7) is 7.19. The Bertz CT molecular complexity index is 202. The summed E-state index contributed by atoms with van der Waals surface area (Å²) in [6.07, 6.45) is 16.1. The van der Waals surface area contributed by atoms with Gasteiger partial charge in [-0.15, -0.1) is 6.42 Å². The van der Waals surface area contributed by atoms with Crippen LogP contribution in [0.1, 0.15) is 65.7 Å². The standard InChI is InChI=1S/C5H5.3C4H10O.F3Ge.Zr/c1-2-4-5-3-1;3*1-2-3-4-5;1-4(2)3;/h1-3H,4H2;3*5H,2-4H2,1H3;;/q-1;;;;;. The van der Waals surface area contributed by atoms with E-state index in [0.717, 1.165) is 44.9 Å². The third-order valence-corrected chi connectivity index (χ3v) is 2.12. The first kappa shape index (κ1) is 36.5. The van der Waals surface area contributed by atoms with Crippen LogP contribution < -0.4 is 0 Å². The van der Waals surface area contributed by atoms with Gasteiger partial charge < -0.3 is 15.3 Å². The molecule has 1 radical (unpaired) electrons. The van der Waals surface area contributed by atoms with Gasteiger partial charge in [-0.05, 0) is 19.3 Å². The predicted octanol–water partition coefficient (Wildman–Crippen LogP) is 4.52. The van der Waals surface area contributed by atoms with Crippen LogP contribution in [0.3, 0.4) is 0 Å². The van der Waals surface area contributed by atoms with Gasteiger partial charge in [0.1, 0.15) is 0 Å². The summed E-state index contributed by atoms with van der Waals surface area (Å²) in [7, 11) is 0. The largest absolute Gasteiger partial charge is 0 e. The molecule has 8 heteroatoms. The maximum atomic E-state index is 9.83. The molecule has 0 unspecified atom stereocenters. The van der Waals surface area contributed by atoms with E-state index >= 15 is 0 Å². The van der Waals surface area contributed by atoms with E-state index in [4.69, 9.17) is 15.3 Å². The molecule has 0 saturated carbocycles. The van der Waals surface area contributed by atoms with Gasteiger partial charge in [0.15, 0.2) is 0 Å². The average molecular weight is 508 g/mol. The first-order valence-corrected chi connectivity index (χ1v) is 10.7. The van der Waals surface area contributed by atoms with Crippen molar-refractivity contribution >= 4 is 15.7 Å². The van der Waals surface area contributed by atoms with Crippen LogP contribution in [0.5, 0.6) is 0 Å². The molecule has 0 heterocycles. The Morgan fingerprint density at radius 1 is 0.840 bits per heavy atom. The minimum Gasteiger partial charge on any atom is 0 e. The monoisotopic (exact) mass is 508 g/mol. The molecule has 0 aromatic rings. The number of hydrogen-bond donors (Lipinski definition) is 3. The molecule has 1 rings (SSSR count). The molecular weight excluding hydrogens is 473 g/mol. The summed E-state index contributed by atoms with van der Waals surface area (Å²) in [4.78, 5) is 0. The van der Waals surface area contributed by atoms with E-state index in [-0.39, 0.29) is 26.2 Å². The Morgan fingerprint density at radius 2 is 1.16 bits per heavy atom. The van der Waals surface area contributed by atoms with E-state index < -0.39 is 15.7 Å². The first-order valence-electron chi connectivity index (χ1n) is 8.35. The zero-order valence-corrected chi connectivity index (χ0v) is 20.3. The van der Waals surface area contributed by atoms with Gasteiger partial charge in [-0.25, -0.2) is 12.2 Å². The fourth-order valence-corrected chi connectivity index (χ4v) is 0.815. The molecule has 3 N–H and O–H groups in total. The Kier molecular flexibility index (Phi) is 64.5. The molecule has 0 saturated heterocycles. The Balaban J connectivity index is -0.0000000662. The normalized spacial score (nSPS) is 10.0. The molecule has 0 atom stereocenters. The number of allylic oxidation sites excluding steroid dienone is 4. The molecule has 3 nitrogen and oxygen atoms in total. The van der Waals surface area contributed by atoms with E-state index in [1.165, 1.54) is 0 Å². The van der Waals surface area contributed by atoms with Gasteiger partial charge in [0.05, 0.1) is 0 Å². The van der Waals surface area contributed by atoms with Crippen LogP contribution in [-0.2, 0) is 26.2 Å². The maximum Gasteiger partial charge on any atom is 0 e. The fourth-order valence-electron chi connectivity index (χ4n) is 0.815. The van der Waals surface area contributed by atoms with Gasteiger partial charge in [-0.1, -0.05) is 40.0 Å². The zero-order chi connectivity index (χ0) is 19.5. The number of aliphatic hydroxyl groups excluding tert-OH is 3. The Hall–Kier alpha value is 0.576. The number of hydrogen-bond acceptors (Lipinski definition) is 3. The summed E-state index contributed by atoms with van der Waals surface area (Å²) in [5.41, 5.74) is 0. The van der Waals surface area contributed by atoms with E-state index in [1.807, 2.05) is 12.2 Å². The Morgan fingerprint density at radius 3 is 1.20 bits per heavy atom. The van der Waals surface area contributed by atoms with Crippen molar-refractivity contribution in [3.05, 3.63) is 24.3 Å². The van der Waals surface area contributed by atoms with Crippen LogP contribution in [-0.4, -0.2) is 50.9 Å². The van der Waals surface area contributed by atoms with Crippen LogP contribution in [0.4, 0.5) is 10.5 Å². The van der Waals surface area contributed by atoms with E-state index in [9.17, 15) is 10.5 Å². The summed E-state index contributed by atoms with van der Waals surface area (Å²) in [5, 5.41) is 24.2. The third-order valence-electron chi connectivity index (χ3n) is 2.12. The third kappa shape index (κ3) is 93.5. The summed E-state index contributed by atoms with van der Waals surface area (Å²) >= 11 is -4.83. The molecule has 1 aliphatic rings. The molecule has 0 aliphatic heterocycles. The van der Waals surface area contributed by atoms with Crippen molar-refractivity contribution in [1.29, 1.82) is 0 Å². The fraction of sp³-hybridized carbons (Fsp3) is 0.765. The van der Waals surface area contributed by atoms with Crippen molar-refractivity contribution in [3.63, 3.8) is 0 Å². The van der Waals surface area contributed by atoms with Crippen LogP contribution in [0.2, 0.25) is 0 Å². The van der Waals surface area contributed by atoms with Gasteiger partial charge in [0, 0.05) is 46.0 Å². The number of unbranched alkanes of at least 4 members (excludes halogenated alkanes) is 3. The second-order valence-electron chi connectivity index (χ2n) is 4.45. The van der Waals surface area contributed by atoms with Crippen LogP contribution in [0, 0.1) is 6.08 Å². The second kappa shape index (κ2) is 44.2. The molecule has 25 heavy (non-hydrogen) atoms. The molecule has 0 bridgehead atoms. The molecule has 0 fully saturated rings. The summed E-state index contributed by atoms with van der Waals surface area (Å²) in [5.74, 6) is 0. The average Bonchev–Trinajstić information content (AvgIpc) is 3.10. The van der Waals surface area contributed by atoms with E-state index in [0.29, 0.717) is 19.8 Å². The molecule has 0 amide bonds. The molecule has 151 valence electrons. The van der Waals surface area contributed by atoms with Crippen molar-refractivity contribution in [2.24, 2.45) is 0 Å². The molecule has 0 spiro atoms. The number of rotatable bonds is 6. The van der Waals surface area contributed by atoms with Gasteiger partial charge in [-0.3, -0.25) is 6.08 Å². The molecule has 0 aromatic heterocycles. The minimum absolute atomic E-state index is 0. The Labute approximate surface area is 177 Å². The van der Waals surface area contributed by atoms with Crippen molar-refractivity contribution in [2.75, 3.05) is 19.8 Å². The second-order valence-corrected chi connectivity index (χ2v) is 5.35. The summed E-state index contributed by atoms with van der Waals surface area (Å²) < 4.78 is 29.5. The number of halogens is 3. The van der Waals surface area contributed by atoms with Gasteiger partial charge in [-0.2, -0.15) is 6.08 Å². The van der Waals surface area contributed by atoms with Gasteiger partial charge in [0.2, 0.25) is 0 Å². The quantitative estimate of drug-likeness (QED) is 0.366. The van der Waals surface area contributed by atoms with Crippen LogP contribution >= 0.6 is 0 Å². The van der Waals surface area contributed by atoms with Crippen molar-refractivity contribution < 1.29 is 52.0 Å². The smallest absolute Gasteiger partial charge is 0 e. The van der Waals surface area contributed by atoms with Gasteiger partial charge in [0.25, 0.3) is 0 Å². The van der Waals surface area contributed by atoms with E-state index in [1.54, 1.807) is 0 Å². The van der Waals surface area contributed by atoms with E-state index in [2.05, 4.69) is 32.9 Å². The molecule has 1 aliphatic carbocycles. The first-order chi connectivity index (χ1) is 11.5.